The van der Waals surface area contributed by atoms with E-state index in [9.17, 15) is 9.59 Å². The van der Waals surface area contributed by atoms with Gasteiger partial charge in [0.2, 0.25) is 5.91 Å². The molecule has 0 saturated carbocycles. The molecular formula is C20H19N3O2S. The van der Waals surface area contributed by atoms with Gasteiger partial charge in [0.15, 0.2) is 5.16 Å². The number of carbonyl (C=O) groups excluding carboxylic acids is 1. The number of benzene rings is 2. The zero-order valence-electron chi connectivity index (χ0n) is 14.4. The maximum absolute atomic E-state index is 13.1. The molecule has 3 rings (SSSR count). The molecule has 2 aromatic carbocycles. The summed E-state index contributed by atoms with van der Waals surface area (Å²) >= 11 is 1.24. The largest absolute Gasteiger partial charge is 0.352 e. The van der Waals surface area contributed by atoms with Crippen LogP contribution in [0.2, 0.25) is 0 Å². The first-order valence-corrected chi connectivity index (χ1v) is 9.18. The Hall–Kier alpha value is -2.86. The molecule has 5 nitrogen and oxygen atoms in total. The predicted molar refractivity (Wildman–Crippen MR) is 106 cm³/mol. The van der Waals surface area contributed by atoms with E-state index in [1.807, 2.05) is 43.3 Å². The third-order valence-corrected chi connectivity index (χ3v) is 4.82. The Labute approximate surface area is 155 Å². The fraction of sp³-hybridized carbons (Fsp3) is 0.150. The van der Waals surface area contributed by atoms with Crippen LogP contribution < -0.4 is 10.9 Å². The summed E-state index contributed by atoms with van der Waals surface area (Å²) in [4.78, 5) is 29.7. The molecule has 0 aliphatic carbocycles. The van der Waals surface area contributed by atoms with Gasteiger partial charge >= 0.3 is 0 Å². The van der Waals surface area contributed by atoms with Gasteiger partial charge in [-0.3, -0.25) is 14.2 Å². The first-order chi connectivity index (χ1) is 12.6. The van der Waals surface area contributed by atoms with E-state index in [2.05, 4.69) is 16.9 Å². The van der Waals surface area contributed by atoms with E-state index in [1.54, 1.807) is 22.8 Å². The van der Waals surface area contributed by atoms with E-state index in [0.717, 1.165) is 11.3 Å². The Morgan fingerprint density at radius 2 is 1.96 bits per heavy atom. The van der Waals surface area contributed by atoms with Crippen molar-refractivity contribution in [2.75, 3.05) is 12.3 Å². The van der Waals surface area contributed by atoms with Crippen molar-refractivity contribution in [3.8, 4) is 5.69 Å². The van der Waals surface area contributed by atoms with Crippen molar-refractivity contribution in [2.45, 2.75) is 12.1 Å². The average molecular weight is 365 g/mol. The van der Waals surface area contributed by atoms with Crippen LogP contribution in [0.4, 0.5) is 0 Å². The summed E-state index contributed by atoms with van der Waals surface area (Å²) < 4.78 is 1.59. The minimum Gasteiger partial charge on any atom is -0.352 e. The van der Waals surface area contributed by atoms with Crippen molar-refractivity contribution >= 4 is 28.6 Å². The average Bonchev–Trinajstić information content (AvgIpc) is 2.66. The van der Waals surface area contributed by atoms with Crippen molar-refractivity contribution in [3.63, 3.8) is 0 Å². The van der Waals surface area contributed by atoms with E-state index in [-0.39, 0.29) is 17.2 Å². The van der Waals surface area contributed by atoms with Crippen molar-refractivity contribution < 1.29 is 4.79 Å². The lowest BCUT2D eigenvalue weighted by Gasteiger charge is -2.15. The predicted octanol–water partition coefficient (Wildman–Crippen LogP) is 3.09. The molecule has 0 radical (unpaired) electrons. The van der Waals surface area contributed by atoms with E-state index >= 15 is 0 Å². The summed E-state index contributed by atoms with van der Waals surface area (Å²) in [7, 11) is 0. The van der Waals surface area contributed by atoms with Gasteiger partial charge in [-0.2, -0.15) is 0 Å². The zero-order chi connectivity index (χ0) is 18.5. The molecule has 0 saturated heterocycles. The number of aromatic nitrogens is 2. The number of fused-ring (bicyclic) bond motifs is 1. The van der Waals surface area contributed by atoms with Crippen LogP contribution in [-0.2, 0) is 4.79 Å². The monoisotopic (exact) mass is 365 g/mol. The van der Waals surface area contributed by atoms with Crippen LogP contribution in [0.25, 0.3) is 16.6 Å². The fourth-order valence-electron chi connectivity index (χ4n) is 2.60. The smallest absolute Gasteiger partial charge is 0.266 e. The maximum atomic E-state index is 13.1. The molecule has 0 unspecified atom stereocenters. The molecule has 1 aromatic heterocycles. The van der Waals surface area contributed by atoms with Crippen LogP contribution in [-0.4, -0.2) is 27.8 Å². The van der Waals surface area contributed by atoms with Crippen molar-refractivity contribution in [1.82, 2.24) is 14.9 Å². The zero-order valence-corrected chi connectivity index (χ0v) is 15.3. The summed E-state index contributed by atoms with van der Waals surface area (Å²) in [6.45, 7) is 5.94. The quantitative estimate of drug-likeness (QED) is 0.414. The first kappa shape index (κ1) is 17.9. The number of para-hydroxylation sites is 2. The van der Waals surface area contributed by atoms with E-state index in [0.29, 0.717) is 22.6 Å². The van der Waals surface area contributed by atoms with Crippen LogP contribution in [0.3, 0.4) is 0 Å². The molecule has 132 valence electrons. The number of nitrogens with zero attached hydrogens (tertiary/aromatic N) is 2. The topological polar surface area (TPSA) is 64.0 Å². The number of aryl methyl sites for hydroxylation is 1. The van der Waals surface area contributed by atoms with Gasteiger partial charge in [-0.1, -0.05) is 48.2 Å². The van der Waals surface area contributed by atoms with Crippen molar-refractivity contribution in [2.24, 2.45) is 0 Å². The summed E-state index contributed by atoms with van der Waals surface area (Å²) in [6, 6.07) is 14.9. The fourth-order valence-corrected chi connectivity index (χ4v) is 3.44. The van der Waals surface area contributed by atoms with E-state index < -0.39 is 0 Å². The molecule has 0 fully saturated rings. The van der Waals surface area contributed by atoms with Crippen LogP contribution >= 0.6 is 11.8 Å². The molecule has 0 bridgehead atoms. The van der Waals surface area contributed by atoms with Gasteiger partial charge in [0, 0.05) is 6.54 Å². The SMILES string of the molecule is C=CCNC(=O)CSc1nc2ccccc2c(=O)n1-c1ccccc1C. The van der Waals surface area contributed by atoms with Crippen LogP contribution in [0.5, 0.6) is 0 Å². The molecule has 1 heterocycles. The van der Waals surface area contributed by atoms with Gasteiger partial charge in [-0.05, 0) is 30.7 Å². The van der Waals surface area contributed by atoms with Gasteiger partial charge in [0.25, 0.3) is 5.56 Å². The Balaban J connectivity index is 2.10. The molecule has 26 heavy (non-hydrogen) atoms. The number of thioether (sulfide) groups is 1. The Kier molecular flexibility index (Phi) is 5.53. The number of carbonyl (C=O) groups is 1. The standard InChI is InChI=1S/C20H19N3O2S/c1-3-12-21-18(24)13-26-20-22-16-10-6-5-9-15(16)19(25)23(20)17-11-7-4-8-14(17)2/h3-11H,1,12-13H2,2H3,(H,21,24). The minimum atomic E-state index is -0.140. The van der Waals surface area contributed by atoms with Crippen molar-refractivity contribution in [1.29, 1.82) is 0 Å². The highest BCUT2D eigenvalue weighted by atomic mass is 32.2. The Morgan fingerprint density at radius 1 is 1.23 bits per heavy atom. The third kappa shape index (κ3) is 3.70. The number of rotatable bonds is 6. The van der Waals surface area contributed by atoms with Crippen LogP contribution in [0.1, 0.15) is 5.56 Å². The maximum Gasteiger partial charge on any atom is 0.266 e. The number of hydrogen-bond donors (Lipinski definition) is 1. The van der Waals surface area contributed by atoms with E-state index in [4.69, 9.17) is 0 Å². The molecule has 1 N–H and O–H groups in total. The lowest BCUT2D eigenvalue weighted by molar-refractivity contribution is -0.118. The molecule has 3 aromatic rings. The number of hydrogen-bond acceptors (Lipinski definition) is 4. The summed E-state index contributed by atoms with van der Waals surface area (Å²) in [5.41, 5.74) is 2.21. The number of amides is 1. The van der Waals surface area contributed by atoms with Gasteiger partial charge in [-0.15, -0.1) is 6.58 Å². The van der Waals surface area contributed by atoms with E-state index in [1.165, 1.54) is 11.8 Å². The van der Waals surface area contributed by atoms with Crippen LogP contribution in [0, 0.1) is 6.92 Å². The molecule has 0 atom stereocenters. The molecular weight excluding hydrogens is 346 g/mol. The van der Waals surface area contributed by atoms with Crippen LogP contribution in [0.15, 0.2) is 71.1 Å². The van der Waals surface area contributed by atoms with Gasteiger partial charge < -0.3 is 5.32 Å². The third-order valence-electron chi connectivity index (χ3n) is 3.88. The Bertz CT molecular complexity index is 1030. The summed E-state index contributed by atoms with van der Waals surface area (Å²) in [6.07, 6.45) is 1.63. The Morgan fingerprint density at radius 3 is 2.73 bits per heavy atom. The minimum absolute atomic E-state index is 0.131. The van der Waals surface area contributed by atoms with Crippen molar-refractivity contribution in [3.05, 3.63) is 77.1 Å². The van der Waals surface area contributed by atoms with Gasteiger partial charge in [0.05, 0.1) is 22.3 Å². The normalized spacial score (nSPS) is 10.7. The molecule has 0 spiro atoms. The second kappa shape index (κ2) is 8.01. The highest BCUT2D eigenvalue weighted by molar-refractivity contribution is 7.99. The molecule has 0 aliphatic rings. The lowest BCUT2D eigenvalue weighted by Crippen LogP contribution is -2.26. The molecule has 0 aliphatic heterocycles. The molecule has 1 amide bonds. The molecule has 6 heteroatoms. The second-order valence-electron chi connectivity index (χ2n) is 5.72. The van der Waals surface area contributed by atoms with Gasteiger partial charge in [0.1, 0.15) is 0 Å². The summed E-state index contributed by atoms with van der Waals surface area (Å²) in [5, 5.41) is 3.78. The second-order valence-corrected chi connectivity index (χ2v) is 6.66. The summed E-state index contributed by atoms with van der Waals surface area (Å²) in [5.74, 6) is 0.0402. The highest BCUT2D eigenvalue weighted by Gasteiger charge is 2.15. The highest BCUT2D eigenvalue weighted by Crippen LogP contribution is 2.22. The lowest BCUT2D eigenvalue weighted by atomic mass is 10.2. The van der Waals surface area contributed by atoms with Gasteiger partial charge in [-0.25, -0.2) is 4.98 Å². The number of nitrogens with one attached hydrogen (secondary N) is 1. The first-order valence-electron chi connectivity index (χ1n) is 8.20.